The molecule has 18 heavy (non-hydrogen) atoms. The second kappa shape index (κ2) is 7.55. The van der Waals surface area contributed by atoms with E-state index in [1.807, 2.05) is 26.0 Å². The highest BCUT2D eigenvalue weighted by molar-refractivity contribution is 5.89. The number of ether oxygens (including phenoxy) is 2. The van der Waals surface area contributed by atoms with E-state index in [-0.39, 0.29) is 12.1 Å². The van der Waals surface area contributed by atoms with Crippen LogP contribution in [0.15, 0.2) is 24.3 Å². The first-order valence-electron chi connectivity index (χ1n) is 5.92. The Morgan fingerprint density at radius 2 is 1.94 bits per heavy atom. The number of methoxy groups -OCH3 is 1. The van der Waals surface area contributed by atoms with Crippen LogP contribution in [-0.2, 0) is 4.74 Å². The van der Waals surface area contributed by atoms with Crippen LogP contribution in [-0.4, -0.2) is 32.4 Å². The lowest BCUT2D eigenvalue weighted by Gasteiger charge is -2.11. The fourth-order valence-corrected chi connectivity index (χ4v) is 1.33. The van der Waals surface area contributed by atoms with Crippen molar-refractivity contribution in [2.24, 2.45) is 0 Å². The third-order valence-electron chi connectivity index (χ3n) is 2.08. The molecular formula is C13H20N2O3. The van der Waals surface area contributed by atoms with Crippen LogP contribution in [0.4, 0.5) is 10.5 Å². The van der Waals surface area contributed by atoms with Crippen molar-refractivity contribution in [1.29, 1.82) is 0 Å². The minimum absolute atomic E-state index is 0.140. The number of anilines is 1. The lowest BCUT2D eigenvalue weighted by Crippen LogP contribution is -2.31. The van der Waals surface area contributed by atoms with Gasteiger partial charge in [0.15, 0.2) is 0 Å². The summed E-state index contributed by atoms with van der Waals surface area (Å²) in [7, 11) is 1.59. The number of hydrogen-bond acceptors (Lipinski definition) is 3. The lowest BCUT2D eigenvalue weighted by atomic mass is 10.3. The maximum Gasteiger partial charge on any atom is 0.319 e. The molecule has 100 valence electrons. The monoisotopic (exact) mass is 252 g/mol. The summed E-state index contributed by atoms with van der Waals surface area (Å²) in [6.45, 7) is 4.91. The summed E-state index contributed by atoms with van der Waals surface area (Å²) in [4.78, 5) is 11.4. The first-order valence-corrected chi connectivity index (χ1v) is 5.92. The van der Waals surface area contributed by atoms with Gasteiger partial charge >= 0.3 is 6.03 Å². The molecular weight excluding hydrogens is 232 g/mol. The summed E-state index contributed by atoms with van der Waals surface area (Å²) in [5.41, 5.74) is 0.723. The Labute approximate surface area is 107 Å². The van der Waals surface area contributed by atoms with Gasteiger partial charge in [0.1, 0.15) is 5.75 Å². The van der Waals surface area contributed by atoms with Crippen molar-refractivity contribution in [2.75, 3.05) is 25.6 Å². The maximum absolute atomic E-state index is 11.4. The Morgan fingerprint density at radius 1 is 1.28 bits per heavy atom. The number of urea groups is 1. The fourth-order valence-electron chi connectivity index (χ4n) is 1.33. The molecule has 1 aromatic rings. The lowest BCUT2D eigenvalue weighted by molar-refractivity contribution is 0.198. The second-order valence-corrected chi connectivity index (χ2v) is 4.06. The molecule has 0 aliphatic rings. The van der Waals surface area contributed by atoms with Crippen LogP contribution in [0.25, 0.3) is 0 Å². The molecule has 1 aromatic carbocycles. The van der Waals surface area contributed by atoms with Crippen molar-refractivity contribution < 1.29 is 14.3 Å². The van der Waals surface area contributed by atoms with Gasteiger partial charge in [-0.15, -0.1) is 0 Å². The Hall–Kier alpha value is -1.75. The molecule has 0 aliphatic heterocycles. The van der Waals surface area contributed by atoms with Crippen molar-refractivity contribution in [2.45, 2.75) is 20.0 Å². The van der Waals surface area contributed by atoms with Crippen molar-refractivity contribution in [3.63, 3.8) is 0 Å². The van der Waals surface area contributed by atoms with E-state index in [1.165, 1.54) is 0 Å². The average molecular weight is 252 g/mol. The third kappa shape index (κ3) is 5.54. The predicted molar refractivity (Wildman–Crippen MR) is 71.1 cm³/mol. The summed E-state index contributed by atoms with van der Waals surface area (Å²) in [6.07, 6.45) is 0.140. The van der Waals surface area contributed by atoms with E-state index in [0.29, 0.717) is 13.2 Å². The zero-order valence-corrected chi connectivity index (χ0v) is 11.0. The van der Waals surface area contributed by atoms with Gasteiger partial charge in [0.25, 0.3) is 0 Å². The standard InChI is InChI=1S/C13H20N2O3/c1-10(2)18-12-6-4-11(5-7-12)15-13(16)14-8-9-17-3/h4-7,10H,8-9H2,1-3H3,(H2,14,15,16). The molecule has 1 rings (SSSR count). The van der Waals surface area contributed by atoms with Crippen LogP contribution in [0, 0.1) is 0 Å². The Bertz CT molecular complexity index is 363. The molecule has 0 aromatic heterocycles. The van der Waals surface area contributed by atoms with E-state index in [0.717, 1.165) is 11.4 Å². The third-order valence-corrected chi connectivity index (χ3v) is 2.08. The Kier molecular flexibility index (Phi) is 6.00. The van der Waals surface area contributed by atoms with Gasteiger partial charge in [-0.3, -0.25) is 0 Å². The molecule has 0 spiro atoms. The van der Waals surface area contributed by atoms with E-state index in [9.17, 15) is 4.79 Å². The van der Waals surface area contributed by atoms with Crippen LogP contribution < -0.4 is 15.4 Å². The highest BCUT2D eigenvalue weighted by atomic mass is 16.5. The molecule has 0 atom stereocenters. The van der Waals surface area contributed by atoms with E-state index in [1.54, 1.807) is 19.2 Å². The fraction of sp³-hybridized carbons (Fsp3) is 0.462. The SMILES string of the molecule is COCCNC(=O)Nc1ccc(OC(C)C)cc1. The zero-order valence-electron chi connectivity index (χ0n) is 11.0. The summed E-state index contributed by atoms with van der Waals surface area (Å²) in [5.74, 6) is 0.787. The van der Waals surface area contributed by atoms with Crippen LogP contribution in [0.3, 0.4) is 0 Å². The Balaban J connectivity index is 2.40. The van der Waals surface area contributed by atoms with E-state index in [4.69, 9.17) is 9.47 Å². The maximum atomic E-state index is 11.4. The molecule has 0 bridgehead atoms. The molecule has 2 N–H and O–H groups in total. The molecule has 0 fully saturated rings. The van der Waals surface area contributed by atoms with Crippen molar-refractivity contribution in [1.82, 2.24) is 5.32 Å². The van der Waals surface area contributed by atoms with Gasteiger partial charge in [-0.05, 0) is 38.1 Å². The number of carbonyl (C=O) groups excluding carboxylic acids is 1. The van der Waals surface area contributed by atoms with Crippen LogP contribution in [0.1, 0.15) is 13.8 Å². The molecule has 0 aliphatic carbocycles. The summed E-state index contributed by atoms with van der Waals surface area (Å²) < 4.78 is 10.3. The summed E-state index contributed by atoms with van der Waals surface area (Å²) in [5, 5.41) is 5.39. The van der Waals surface area contributed by atoms with Gasteiger partial charge in [-0.1, -0.05) is 0 Å². The second-order valence-electron chi connectivity index (χ2n) is 4.06. The number of rotatable bonds is 6. The number of hydrogen-bond donors (Lipinski definition) is 2. The van der Waals surface area contributed by atoms with E-state index < -0.39 is 0 Å². The summed E-state index contributed by atoms with van der Waals surface area (Å²) >= 11 is 0. The Morgan fingerprint density at radius 3 is 2.50 bits per heavy atom. The van der Waals surface area contributed by atoms with Crippen LogP contribution >= 0.6 is 0 Å². The van der Waals surface area contributed by atoms with Crippen LogP contribution in [0.2, 0.25) is 0 Å². The van der Waals surface area contributed by atoms with Crippen molar-refractivity contribution in [3.8, 4) is 5.75 Å². The topological polar surface area (TPSA) is 59.6 Å². The first-order chi connectivity index (χ1) is 8.61. The first kappa shape index (κ1) is 14.3. The normalized spacial score (nSPS) is 10.2. The molecule has 0 unspecified atom stereocenters. The quantitative estimate of drug-likeness (QED) is 0.763. The number of nitrogens with one attached hydrogen (secondary N) is 2. The van der Waals surface area contributed by atoms with E-state index in [2.05, 4.69) is 10.6 Å². The number of amides is 2. The molecule has 5 nitrogen and oxygen atoms in total. The molecule has 0 saturated heterocycles. The minimum atomic E-state index is -0.246. The van der Waals surface area contributed by atoms with Gasteiger partial charge in [0.2, 0.25) is 0 Å². The number of carbonyl (C=O) groups is 1. The van der Waals surface area contributed by atoms with Gasteiger partial charge in [-0.25, -0.2) is 4.79 Å². The predicted octanol–water partition coefficient (Wildman–Crippen LogP) is 2.24. The van der Waals surface area contributed by atoms with Crippen molar-refractivity contribution >= 4 is 11.7 Å². The van der Waals surface area contributed by atoms with Crippen molar-refractivity contribution in [3.05, 3.63) is 24.3 Å². The van der Waals surface area contributed by atoms with E-state index >= 15 is 0 Å². The average Bonchev–Trinajstić information content (AvgIpc) is 2.31. The molecule has 2 amide bonds. The van der Waals surface area contributed by atoms with Gasteiger partial charge < -0.3 is 20.1 Å². The van der Waals surface area contributed by atoms with Crippen LogP contribution in [0.5, 0.6) is 5.75 Å². The molecule has 0 heterocycles. The largest absolute Gasteiger partial charge is 0.491 e. The molecule has 0 saturated carbocycles. The smallest absolute Gasteiger partial charge is 0.319 e. The molecule has 5 heteroatoms. The highest BCUT2D eigenvalue weighted by Crippen LogP contribution is 2.16. The van der Waals surface area contributed by atoms with Gasteiger partial charge in [0.05, 0.1) is 12.7 Å². The molecule has 0 radical (unpaired) electrons. The zero-order chi connectivity index (χ0) is 13.4. The highest BCUT2D eigenvalue weighted by Gasteiger charge is 2.02. The minimum Gasteiger partial charge on any atom is -0.491 e. The summed E-state index contributed by atoms with van der Waals surface area (Å²) in [6, 6.07) is 7.00. The van der Waals surface area contributed by atoms with Gasteiger partial charge in [-0.2, -0.15) is 0 Å². The number of benzene rings is 1. The van der Waals surface area contributed by atoms with Gasteiger partial charge in [0, 0.05) is 19.3 Å².